The Bertz CT molecular complexity index is 555. The molecule has 0 bridgehead atoms. The van der Waals surface area contributed by atoms with Gasteiger partial charge in [-0.2, -0.15) is 0 Å². The highest BCUT2D eigenvalue weighted by Gasteiger charge is 2.10. The van der Waals surface area contributed by atoms with Gasteiger partial charge in [-0.15, -0.1) is 0 Å². The second-order valence-corrected chi connectivity index (χ2v) is 5.74. The van der Waals surface area contributed by atoms with Crippen molar-refractivity contribution in [2.45, 2.75) is 13.0 Å². The molecule has 0 fully saturated rings. The van der Waals surface area contributed by atoms with Crippen LogP contribution in [0.25, 0.3) is 0 Å². The molecule has 0 aliphatic rings. The number of nitrogens with two attached hydrogens (primary N) is 1. The van der Waals surface area contributed by atoms with Crippen molar-refractivity contribution in [3.8, 4) is 0 Å². The molecule has 0 saturated heterocycles. The molecule has 2 rings (SSSR count). The van der Waals surface area contributed by atoms with E-state index in [4.69, 9.17) is 17.3 Å². The summed E-state index contributed by atoms with van der Waals surface area (Å²) in [7, 11) is 0. The summed E-state index contributed by atoms with van der Waals surface area (Å²) in [5, 5.41) is 4.14. The maximum absolute atomic E-state index is 5.88. The molecule has 2 aromatic carbocycles. The lowest BCUT2D eigenvalue weighted by molar-refractivity contribution is 0.789. The molecule has 0 spiro atoms. The van der Waals surface area contributed by atoms with Crippen LogP contribution < -0.4 is 11.1 Å². The van der Waals surface area contributed by atoms with Crippen LogP contribution in [0.3, 0.4) is 0 Å². The Morgan fingerprint density at radius 2 is 1.89 bits per heavy atom. The minimum Gasteiger partial charge on any atom is -0.377 e. The fraction of sp³-hybridized carbons (Fsp3) is 0.200. The predicted octanol–water partition coefficient (Wildman–Crippen LogP) is 4.52. The van der Waals surface area contributed by atoms with Gasteiger partial charge in [-0.05, 0) is 48.4 Å². The summed E-state index contributed by atoms with van der Waals surface area (Å²) in [5.41, 5.74) is 9.25. The second kappa shape index (κ2) is 6.42. The zero-order valence-electron chi connectivity index (χ0n) is 10.7. The molecule has 0 aromatic heterocycles. The van der Waals surface area contributed by atoms with Crippen LogP contribution in [-0.4, -0.2) is 6.54 Å². The van der Waals surface area contributed by atoms with Gasteiger partial charge in [0, 0.05) is 21.7 Å². The third kappa shape index (κ3) is 3.72. The van der Waals surface area contributed by atoms with Crippen molar-refractivity contribution < 1.29 is 0 Å². The highest BCUT2D eigenvalue weighted by Crippen LogP contribution is 2.24. The number of rotatable bonds is 4. The lowest BCUT2D eigenvalue weighted by Gasteiger charge is -2.19. The van der Waals surface area contributed by atoms with Gasteiger partial charge in [0.1, 0.15) is 0 Å². The fourth-order valence-corrected chi connectivity index (χ4v) is 2.37. The van der Waals surface area contributed by atoms with E-state index >= 15 is 0 Å². The maximum Gasteiger partial charge on any atom is 0.0636 e. The molecular weight excluding hydrogens is 324 g/mol. The monoisotopic (exact) mass is 338 g/mol. The van der Waals surface area contributed by atoms with Gasteiger partial charge in [-0.25, -0.2) is 0 Å². The number of anilines is 1. The van der Waals surface area contributed by atoms with Crippen LogP contribution in [0.4, 0.5) is 5.69 Å². The molecule has 100 valence electrons. The van der Waals surface area contributed by atoms with Gasteiger partial charge < -0.3 is 11.1 Å². The fourth-order valence-electron chi connectivity index (χ4n) is 1.85. The molecule has 1 atom stereocenters. The summed E-state index contributed by atoms with van der Waals surface area (Å²) >= 11 is 9.43. The standard InChI is InChI=1S/C15H16BrClN2/c1-10-2-3-11(8-14(10)16)15(9-18)19-13-6-4-12(17)5-7-13/h2-8,15,19H,9,18H2,1H3. The first-order valence-electron chi connectivity index (χ1n) is 6.08. The van der Waals surface area contributed by atoms with Crippen LogP contribution in [-0.2, 0) is 0 Å². The Kier molecular flexibility index (Phi) is 4.86. The largest absolute Gasteiger partial charge is 0.377 e. The molecule has 0 aliphatic carbocycles. The summed E-state index contributed by atoms with van der Waals surface area (Å²) in [6, 6.07) is 14.0. The number of hydrogen-bond donors (Lipinski definition) is 2. The summed E-state index contributed by atoms with van der Waals surface area (Å²) in [5.74, 6) is 0. The third-order valence-electron chi connectivity index (χ3n) is 3.02. The highest BCUT2D eigenvalue weighted by atomic mass is 79.9. The molecule has 4 heteroatoms. The zero-order valence-corrected chi connectivity index (χ0v) is 13.0. The molecule has 0 amide bonds. The smallest absolute Gasteiger partial charge is 0.0636 e. The molecular formula is C15H16BrClN2. The van der Waals surface area contributed by atoms with Gasteiger partial charge in [0.15, 0.2) is 0 Å². The third-order valence-corrected chi connectivity index (χ3v) is 4.13. The minimum absolute atomic E-state index is 0.0816. The van der Waals surface area contributed by atoms with E-state index in [2.05, 4.69) is 46.4 Å². The molecule has 0 saturated carbocycles. The van der Waals surface area contributed by atoms with E-state index in [0.29, 0.717) is 6.54 Å². The predicted molar refractivity (Wildman–Crippen MR) is 85.7 cm³/mol. The van der Waals surface area contributed by atoms with E-state index < -0.39 is 0 Å². The molecule has 0 aliphatic heterocycles. The van der Waals surface area contributed by atoms with Gasteiger partial charge in [-0.3, -0.25) is 0 Å². The van der Waals surface area contributed by atoms with Crippen LogP contribution >= 0.6 is 27.5 Å². The van der Waals surface area contributed by atoms with E-state index in [-0.39, 0.29) is 6.04 Å². The van der Waals surface area contributed by atoms with Gasteiger partial charge in [0.05, 0.1) is 6.04 Å². The number of halogens is 2. The van der Waals surface area contributed by atoms with Crippen molar-refractivity contribution in [2.75, 3.05) is 11.9 Å². The summed E-state index contributed by atoms with van der Waals surface area (Å²) in [6.45, 7) is 2.59. The Balaban J connectivity index is 2.19. The van der Waals surface area contributed by atoms with Crippen LogP contribution in [0.2, 0.25) is 5.02 Å². The van der Waals surface area contributed by atoms with Crippen LogP contribution in [0.15, 0.2) is 46.9 Å². The van der Waals surface area contributed by atoms with Crippen molar-refractivity contribution in [2.24, 2.45) is 5.73 Å². The zero-order chi connectivity index (χ0) is 13.8. The van der Waals surface area contributed by atoms with Crippen molar-refractivity contribution in [3.63, 3.8) is 0 Å². The van der Waals surface area contributed by atoms with E-state index in [9.17, 15) is 0 Å². The molecule has 2 aromatic rings. The van der Waals surface area contributed by atoms with Crippen LogP contribution in [0.1, 0.15) is 17.2 Å². The number of benzene rings is 2. The molecule has 1 unspecified atom stereocenters. The minimum atomic E-state index is 0.0816. The summed E-state index contributed by atoms with van der Waals surface area (Å²) in [4.78, 5) is 0. The van der Waals surface area contributed by atoms with Crippen molar-refractivity contribution >= 4 is 33.2 Å². The number of nitrogens with one attached hydrogen (secondary N) is 1. The lowest BCUT2D eigenvalue weighted by atomic mass is 10.0. The van der Waals surface area contributed by atoms with Gasteiger partial charge in [-0.1, -0.05) is 39.7 Å². The molecule has 19 heavy (non-hydrogen) atoms. The first kappa shape index (κ1) is 14.4. The highest BCUT2D eigenvalue weighted by molar-refractivity contribution is 9.10. The molecule has 2 nitrogen and oxygen atoms in total. The maximum atomic E-state index is 5.88. The summed E-state index contributed by atoms with van der Waals surface area (Å²) < 4.78 is 1.10. The average Bonchev–Trinajstić information content (AvgIpc) is 2.41. The number of hydrogen-bond acceptors (Lipinski definition) is 2. The molecule has 0 heterocycles. The van der Waals surface area contributed by atoms with Crippen LogP contribution in [0.5, 0.6) is 0 Å². The second-order valence-electron chi connectivity index (χ2n) is 4.45. The first-order valence-corrected chi connectivity index (χ1v) is 7.25. The van der Waals surface area contributed by atoms with Gasteiger partial charge >= 0.3 is 0 Å². The Morgan fingerprint density at radius 1 is 1.21 bits per heavy atom. The van der Waals surface area contributed by atoms with Crippen molar-refractivity contribution in [1.29, 1.82) is 0 Å². The Morgan fingerprint density at radius 3 is 2.47 bits per heavy atom. The molecule has 0 radical (unpaired) electrons. The Hall–Kier alpha value is -1.03. The van der Waals surface area contributed by atoms with Crippen molar-refractivity contribution in [1.82, 2.24) is 0 Å². The number of aryl methyl sites for hydroxylation is 1. The quantitative estimate of drug-likeness (QED) is 0.859. The summed E-state index contributed by atoms with van der Waals surface area (Å²) in [6.07, 6.45) is 0. The normalized spacial score (nSPS) is 12.2. The lowest BCUT2D eigenvalue weighted by Crippen LogP contribution is -2.20. The van der Waals surface area contributed by atoms with E-state index in [1.54, 1.807) is 0 Å². The van der Waals surface area contributed by atoms with E-state index in [1.807, 2.05) is 24.3 Å². The molecule has 3 N–H and O–H groups in total. The van der Waals surface area contributed by atoms with Gasteiger partial charge in [0.2, 0.25) is 0 Å². The Labute approximate surface area is 127 Å². The topological polar surface area (TPSA) is 38.0 Å². The first-order chi connectivity index (χ1) is 9.10. The SMILES string of the molecule is Cc1ccc(C(CN)Nc2ccc(Cl)cc2)cc1Br. The average molecular weight is 340 g/mol. The van der Waals surface area contributed by atoms with Crippen molar-refractivity contribution in [3.05, 3.63) is 63.1 Å². The van der Waals surface area contributed by atoms with E-state index in [0.717, 1.165) is 20.7 Å². The van der Waals surface area contributed by atoms with Gasteiger partial charge in [0.25, 0.3) is 0 Å². The van der Waals surface area contributed by atoms with E-state index in [1.165, 1.54) is 5.56 Å². The van der Waals surface area contributed by atoms with Crippen LogP contribution in [0, 0.1) is 6.92 Å².